The molecule has 0 aliphatic carbocycles. The molecule has 2 rings (SSSR count). The molecular formula is C9H12N6O2. The van der Waals surface area contributed by atoms with Crippen molar-refractivity contribution in [3.63, 3.8) is 0 Å². The highest BCUT2D eigenvalue weighted by Gasteiger charge is 2.09. The van der Waals surface area contributed by atoms with Crippen LogP contribution in [0.1, 0.15) is 0 Å². The van der Waals surface area contributed by atoms with E-state index < -0.39 is 0 Å². The Kier molecular flexibility index (Phi) is 3.03. The van der Waals surface area contributed by atoms with Gasteiger partial charge in [0.05, 0.1) is 18.7 Å². The Hall–Kier alpha value is -2.38. The minimum Gasteiger partial charge on any atom is -0.468 e. The standard InChI is InChI=1S/C9H12N6O2/c1-10-9-13-7(11-4-6(16)17-2)5-3-12-15-8(5)14-9/h3H,4H2,1-2H3,(H3,10,11,12,13,14,15). The molecule has 0 radical (unpaired) electrons. The van der Waals surface area contributed by atoms with Crippen LogP contribution >= 0.6 is 0 Å². The number of hydrogen-bond donors (Lipinski definition) is 3. The molecule has 0 unspecified atom stereocenters. The molecule has 8 nitrogen and oxygen atoms in total. The Morgan fingerprint density at radius 3 is 3.06 bits per heavy atom. The maximum absolute atomic E-state index is 11.0. The topological polar surface area (TPSA) is 105 Å². The first-order valence-electron chi connectivity index (χ1n) is 4.94. The number of H-pyrrole nitrogens is 1. The fraction of sp³-hybridized carbons (Fsp3) is 0.333. The van der Waals surface area contributed by atoms with E-state index in [2.05, 4.69) is 35.5 Å². The predicted octanol–water partition coefficient (Wildman–Crippen LogP) is -0.0205. The van der Waals surface area contributed by atoms with Crippen LogP contribution in [0.2, 0.25) is 0 Å². The van der Waals surface area contributed by atoms with Crippen molar-refractivity contribution in [1.82, 2.24) is 20.2 Å². The van der Waals surface area contributed by atoms with E-state index in [-0.39, 0.29) is 12.5 Å². The SMILES string of the molecule is CNc1nc(NCC(=O)OC)c2cn[nH]c2n1. The van der Waals surface area contributed by atoms with Crippen LogP contribution in [-0.4, -0.2) is 46.8 Å². The van der Waals surface area contributed by atoms with Crippen LogP contribution in [0.3, 0.4) is 0 Å². The van der Waals surface area contributed by atoms with Gasteiger partial charge in [-0.05, 0) is 0 Å². The number of aromatic nitrogens is 4. The van der Waals surface area contributed by atoms with E-state index in [1.54, 1.807) is 13.2 Å². The molecular weight excluding hydrogens is 224 g/mol. The number of fused-ring (bicyclic) bond motifs is 1. The molecule has 17 heavy (non-hydrogen) atoms. The molecule has 2 aromatic heterocycles. The zero-order valence-corrected chi connectivity index (χ0v) is 9.44. The number of nitrogens with one attached hydrogen (secondary N) is 3. The van der Waals surface area contributed by atoms with Gasteiger partial charge in [0.15, 0.2) is 5.65 Å². The summed E-state index contributed by atoms with van der Waals surface area (Å²) in [4.78, 5) is 19.4. The fourth-order valence-corrected chi connectivity index (χ4v) is 1.31. The van der Waals surface area contributed by atoms with Gasteiger partial charge in [-0.15, -0.1) is 0 Å². The quantitative estimate of drug-likeness (QED) is 0.640. The highest BCUT2D eigenvalue weighted by Crippen LogP contribution is 2.19. The number of carbonyl (C=O) groups is 1. The molecule has 0 amide bonds. The molecule has 8 heteroatoms. The van der Waals surface area contributed by atoms with Crippen LogP contribution in [0.15, 0.2) is 6.20 Å². The second kappa shape index (κ2) is 4.64. The first-order chi connectivity index (χ1) is 8.24. The highest BCUT2D eigenvalue weighted by atomic mass is 16.5. The van der Waals surface area contributed by atoms with Crippen molar-refractivity contribution in [2.24, 2.45) is 0 Å². The Morgan fingerprint density at radius 1 is 1.53 bits per heavy atom. The molecule has 0 aromatic carbocycles. The van der Waals surface area contributed by atoms with Crippen molar-refractivity contribution < 1.29 is 9.53 Å². The summed E-state index contributed by atoms with van der Waals surface area (Å²) >= 11 is 0. The normalized spacial score (nSPS) is 10.2. The van der Waals surface area contributed by atoms with Crippen LogP contribution in [0, 0.1) is 0 Å². The molecule has 0 atom stereocenters. The van der Waals surface area contributed by atoms with Gasteiger partial charge in [-0.2, -0.15) is 15.1 Å². The lowest BCUT2D eigenvalue weighted by Gasteiger charge is -2.06. The monoisotopic (exact) mass is 236 g/mol. The summed E-state index contributed by atoms with van der Waals surface area (Å²) in [5.41, 5.74) is 0.594. The number of esters is 1. The smallest absolute Gasteiger partial charge is 0.325 e. The number of hydrogen-bond acceptors (Lipinski definition) is 7. The van der Waals surface area contributed by atoms with E-state index in [0.29, 0.717) is 22.8 Å². The lowest BCUT2D eigenvalue weighted by Crippen LogP contribution is -2.16. The van der Waals surface area contributed by atoms with Crippen molar-refractivity contribution in [1.29, 1.82) is 0 Å². The van der Waals surface area contributed by atoms with Crippen molar-refractivity contribution in [2.75, 3.05) is 31.3 Å². The van der Waals surface area contributed by atoms with E-state index in [9.17, 15) is 4.79 Å². The Bertz CT molecular complexity index is 537. The number of ether oxygens (including phenoxy) is 1. The summed E-state index contributed by atoms with van der Waals surface area (Å²) in [6.45, 7) is 0.0386. The van der Waals surface area contributed by atoms with Gasteiger partial charge in [0.2, 0.25) is 5.95 Å². The maximum atomic E-state index is 11.0. The molecule has 0 spiro atoms. The third kappa shape index (κ3) is 2.25. The summed E-state index contributed by atoms with van der Waals surface area (Å²) in [5, 5.41) is 13.0. The molecule has 0 aliphatic rings. The summed E-state index contributed by atoms with van der Waals surface area (Å²) in [7, 11) is 3.04. The number of aromatic amines is 1. The average molecular weight is 236 g/mol. The molecule has 90 valence electrons. The second-order valence-corrected chi connectivity index (χ2v) is 3.21. The van der Waals surface area contributed by atoms with Crippen molar-refractivity contribution >= 4 is 28.8 Å². The molecule has 0 saturated heterocycles. The van der Waals surface area contributed by atoms with Gasteiger partial charge >= 0.3 is 5.97 Å². The van der Waals surface area contributed by atoms with Crippen molar-refractivity contribution in [3.05, 3.63) is 6.20 Å². The number of rotatable bonds is 4. The van der Waals surface area contributed by atoms with Gasteiger partial charge < -0.3 is 15.4 Å². The molecule has 2 aromatic rings. The van der Waals surface area contributed by atoms with Gasteiger partial charge in [0.1, 0.15) is 12.4 Å². The third-order valence-electron chi connectivity index (χ3n) is 2.16. The van der Waals surface area contributed by atoms with Crippen LogP contribution in [0.25, 0.3) is 11.0 Å². The first kappa shape index (κ1) is 11.1. The van der Waals surface area contributed by atoms with Crippen LogP contribution in [0.4, 0.5) is 11.8 Å². The summed E-state index contributed by atoms with van der Waals surface area (Å²) in [6.07, 6.45) is 1.59. The fourth-order valence-electron chi connectivity index (χ4n) is 1.31. The summed E-state index contributed by atoms with van der Waals surface area (Å²) in [6, 6.07) is 0. The maximum Gasteiger partial charge on any atom is 0.325 e. The van der Waals surface area contributed by atoms with Gasteiger partial charge in [-0.25, -0.2) is 0 Å². The van der Waals surface area contributed by atoms with Gasteiger partial charge in [0, 0.05) is 7.05 Å². The van der Waals surface area contributed by atoms with E-state index in [0.717, 1.165) is 0 Å². The Morgan fingerprint density at radius 2 is 2.35 bits per heavy atom. The second-order valence-electron chi connectivity index (χ2n) is 3.21. The molecule has 2 heterocycles. The molecule has 3 N–H and O–H groups in total. The van der Waals surface area contributed by atoms with E-state index in [4.69, 9.17) is 0 Å². The van der Waals surface area contributed by atoms with Crippen molar-refractivity contribution in [3.8, 4) is 0 Å². The van der Waals surface area contributed by atoms with E-state index >= 15 is 0 Å². The number of methoxy groups -OCH3 is 1. The highest BCUT2D eigenvalue weighted by molar-refractivity contribution is 5.88. The molecule has 0 aliphatic heterocycles. The van der Waals surface area contributed by atoms with Gasteiger partial charge in [-0.1, -0.05) is 0 Å². The van der Waals surface area contributed by atoms with E-state index in [1.165, 1.54) is 7.11 Å². The minimum atomic E-state index is -0.369. The summed E-state index contributed by atoms with van der Waals surface area (Å²) in [5.74, 6) is 0.596. The Labute approximate surface area is 96.8 Å². The lowest BCUT2D eigenvalue weighted by atomic mass is 10.4. The van der Waals surface area contributed by atoms with Crippen LogP contribution in [0.5, 0.6) is 0 Å². The number of nitrogens with zero attached hydrogens (tertiary/aromatic N) is 3. The van der Waals surface area contributed by atoms with E-state index in [1.807, 2.05) is 0 Å². The Balaban J connectivity index is 2.30. The zero-order valence-electron chi connectivity index (χ0n) is 9.44. The zero-order chi connectivity index (χ0) is 12.3. The number of anilines is 2. The largest absolute Gasteiger partial charge is 0.468 e. The predicted molar refractivity (Wildman–Crippen MR) is 61.7 cm³/mol. The van der Waals surface area contributed by atoms with Crippen LogP contribution in [-0.2, 0) is 9.53 Å². The molecule has 0 fully saturated rings. The lowest BCUT2D eigenvalue weighted by molar-refractivity contribution is -0.138. The molecule has 0 saturated carbocycles. The minimum absolute atomic E-state index is 0.0386. The third-order valence-corrected chi connectivity index (χ3v) is 2.16. The average Bonchev–Trinajstić information content (AvgIpc) is 2.83. The molecule has 0 bridgehead atoms. The van der Waals surface area contributed by atoms with Gasteiger partial charge in [-0.3, -0.25) is 9.89 Å². The van der Waals surface area contributed by atoms with Gasteiger partial charge in [0.25, 0.3) is 0 Å². The number of carbonyl (C=O) groups excluding carboxylic acids is 1. The van der Waals surface area contributed by atoms with Crippen LogP contribution < -0.4 is 10.6 Å². The summed E-state index contributed by atoms with van der Waals surface area (Å²) < 4.78 is 4.54. The van der Waals surface area contributed by atoms with Crippen molar-refractivity contribution in [2.45, 2.75) is 0 Å². The first-order valence-corrected chi connectivity index (χ1v) is 4.94.